The van der Waals surface area contributed by atoms with E-state index in [0.29, 0.717) is 16.1 Å². The van der Waals surface area contributed by atoms with Gasteiger partial charge < -0.3 is 10.2 Å². The molecule has 3 rings (SSSR count). The zero-order chi connectivity index (χ0) is 29.6. The minimum absolute atomic E-state index is 0.0138. The number of nitrogens with one attached hydrogen (secondary N) is 1. The van der Waals surface area contributed by atoms with Crippen LogP contribution in [0.1, 0.15) is 43.9 Å². The molecule has 1 N–H and O–H groups in total. The summed E-state index contributed by atoms with van der Waals surface area (Å²) in [7, 11) is -4.21. The molecule has 2 amide bonds. The molecule has 0 saturated carbocycles. The van der Waals surface area contributed by atoms with E-state index in [4.69, 9.17) is 11.6 Å². The molecule has 0 bridgehead atoms. The second-order valence-corrected chi connectivity index (χ2v) is 12.3. The first-order chi connectivity index (χ1) is 18.8. The number of hydrogen-bond acceptors (Lipinski definition) is 4. The van der Waals surface area contributed by atoms with Crippen LogP contribution in [0, 0.1) is 19.7 Å². The second-order valence-electron chi connectivity index (χ2n) is 9.99. The first-order valence-electron chi connectivity index (χ1n) is 13.0. The van der Waals surface area contributed by atoms with Gasteiger partial charge in [0.1, 0.15) is 18.4 Å². The Morgan fingerprint density at radius 2 is 1.60 bits per heavy atom. The second kappa shape index (κ2) is 13.3. The standard InChI is InChI=1S/C30H35ClFN3O4S/c1-6-27(30(37)33-20(2)3)34(18-23-10-13-25(32)14-11-23)29(36)19-35(28-17-24(31)12-9-22(28)5)40(38,39)26-15-7-21(4)8-16-26/h7-17,20,27H,6,18-19H2,1-5H3,(H,33,37). The van der Waals surface area contributed by atoms with Gasteiger partial charge >= 0.3 is 0 Å². The Kier molecular flexibility index (Phi) is 10.3. The fourth-order valence-electron chi connectivity index (χ4n) is 4.29. The van der Waals surface area contributed by atoms with E-state index in [1.54, 1.807) is 38.1 Å². The molecular weight excluding hydrogens is 553 g/mol. The van der Waals surface area contributed by atoms with Gasteiger partial charge in [-0.2, -0.15) is 0 Å². The van der Waals surface area contributed by atoms with Crippen molar-refractivity contribution in [2.24, 2.45) is 0 Å². The van der Waals surface area contributed by atoms with Crippen molar-refractivity contribution >= 4 is 39.1 Å². The van der Waals surface area contributed by atoms with Crippen LogP contribution in [0.15, 0.2) is 71.6 Å². The molecule has 1 unspecified atom stereocenters. The van der Waals surface area contributed by atoms with Gasteiger partial charge in [-0.3, -0.25) is 13.9 Å². The third-order valence-corrected chi connectivity index (χ3v) is 8.42. The van der Waals surface area contributed by atoms with Crippen molar-refractivity contribution in [3.63, 3.8) is 0 Å². The normalized spacial score (nSPS) is 12.2. The average molecular weight is 588 g/mol. The molecule has 0 heterocycles. The lowest BCUT2D eigenvalue weighted by molar-refractivity contribution is -0.140. The molecule has 0 aromatic heterocycles. The van der Waals surface area contributed by atoms with Gasteiger partial charge in [0.05, 0.1) is 10.6 Å². The number of anilines is 1. The predicted octanol–water partition coefficient (Wildman–Crippen LogP) is 5.62. The van der Waals surface area contributed by atoms with Gasteiger partial charge in [-0.15, -0.1) is 0 Å². The molecular formula is C30H35ClFN3O4S. The van der Waals surface area contributed by atoms with E-state index < -0.39 is 34.3 Å². The Hall–Kier alpha value is -3.43. The number of nitrogens with zero attached hydrogens (tertiary/aromatic N) is 2. The van der Waals surface area contributed by atoms with E-state index in [0.717, 1.165) is 9.87 Å². The minimum Gasteiger partial charge on any atom is -0.352 e. The molecule has 0 fully saturated rings. The first kappa shape index (κ1) is 31.1. The van der Waals surface area contributed by atoms with Crippen LogP contribution >= 0.6 is 11.6 Å². The van der Waals surface area contributed by atoms with Gasteiger partial charge in [0.25, 0.3) is 10.0 Å². The van der Waals surface area contributed by atoms with Crippen molar-refractivity contribution in [3.8, 4) is 0 Å². The number of amides is 2. The Morgan fingerprint density at radius 3 is 2.17 bits per heavy atom. The van der Waals surface area contributed by atoms with Crippen LogP contribution in [0.5, 0.6) is 0 Å². The molecule has 0 spiro atoms. The van der Waals surface area contributed by atoms with Gasteiger partial charge in [0, 0.05) is 17.6 Å². The molecule has 3 aromatic carbocycles. The quantitative estimate of drug-likeness (QED) is 0.315. The lowest BCUT2D eigenvalue weighted by Gasteiger charge is -2.34. The Balaban J connectivity index is 2.10. The highest BCUT2D eigenvalue weighted by Crippen LogP contribution is 2.30. The van der Waals surface area contributed by atoms with Crippen LogP contribution in [0.3, 0.4) is 0 Å². The van der Waals surface area contributed by atoms with Crippen LogP contribution in [-0.2, 0) is 26.2 Å². The van der Waals surface area contributed by atoms with Gasteiger partial charge in [0.2, 0.25) is 11.8 Å². The van der Waals surface area contributed by atoms with Gasteiger partial charge in [-0.1, -0.05) is 54.4 Å². The SMILES string of the molecule is CCC(C(=O)NC(C)C)N(Cc1ccc(F)cc1)C(=O)CN(c1cc(Cl)ccc1C)S(=O)(=O)c1ccc(C)cc1. The molecule has 10 heteroatoms. The van der Waals surface area contributed by atoms with E-state index in [2.05, 4.69) is 5.32 Å². The number of benzene rings is 3. The van der Waals surface area contributed by atoms with Crippen LogP contribution in [-0.4, -0.2) is 43.8 Å². The number of hydrogen-bond donors (Lipinski definition) is 1. The summed E-state index contributed by atoms with van der Waals surface area (Å²) in [5.74, 6) is -1.39. The maximum absolute atomic E-state index is 14.0. The molecule has 0 aliphatic rings. The molecule has 0 saturated heterocycles. The number of carbonyl (C=O) groups excluding carboxylic acids is 2. The molecule has 0 radical (unpaired) electrons. The lowest BCUT2D eigenvalue weighted by atomic mass is 10.1. The molecule has 214 valence electrons. The summed E-state index contributed by atoms with van der Waals surface area (Å²) >= 11 is 6.26. The maximum atomic E-state index is 14.0. The van der Waals surface area contributed by atoms with Crippen molar-refractivity contribution in [2.75, 3.05) is 10.8 Å². The highest BCUT2D eigenvalue weighted by atomic mass is 35.5. The summed E-state index contributed by atoms with van der Waals surface area (Å²) in [5, 5.41) is 3.15. The van der Waals surface area contributed by atoms with Crippen LogP contribution in [0.2, 0.25) is 5.02 Å². The maximum Gasteiger partial charge on any atom is 0.264 e. The zero-order valence-corrected chi connectivity index (χ0v) is 24.9. The van der Waals surface area contributed by atoms with Gasteiger partial charge in [0.15, 0.2) is 0 Å². The van der Waals surface area contributed by atoms with Crippen molar-refractivity contribution in [1.29, 1.82) is 0 Å². The summed E-state index contributed by atoms with van der Waals surface area (Å²) in [6, 6.07) is 15.7. The summed E-state index contributed by atoms with van der Waals surface area (Å²) in [6.07, 6.45) is 0.284. The molecule has 3 aromatic rings. The molecule has 0 aliphatic carbocycles. The average Bonchev–Trinajstić information content (AvgIpc) is 2.89. The summed E-state index contributed by atoms with van der Waals surface area (Å²) in [6.45, 7) is 8.38. The molecule has 40 heavy (non-hydrogen) atoms. The van der Waals surface area contributed by atoms with Crippen LogP contribution in [0.25, 0.3) is 0 Å². The van der Waals surface area contributed by atoms with Crippen molar-refractivity contribution in [2.45, 2.75) is 64.6 Å². The van der Waals surface area contributed by atoms with Crippen LogP contribution < -0.4 is 9.62 Å². The predicted molar refractivity (Wildman–Crippen MR) is 156 cm³/mol. The fraction of sp³-hybridized carbons (Fsp3) is 0.333. The topological polar surface area (TPSA) is 86.8 Å². The van der Waals surface area contributed by atoms with Gasteiger partial charge in [-0.25, -0.2) is 12.8 Å². The van der Waals surface area contributed by atoms with Crippen molar-refractivity contribution in [1.82, 2.24) is 10.2 Å². The number of carbonyl (C=O) groups is 2. The molecule has 0 aliphatic heterocycles. The first-order valence-corrected chi connectivity index (χ1v) is 14.8. The largest absolute Gasteiger partial charge is 0.352 e. The Labute approximate surface area is 241 Å². The Bertz CT molecular complexity index is 1440. The monoisotopic (exact) mass is 587 g/mol. The minimum atomic E-state index is -4.21. The smallest absolute Gasteiger partial charge is 0.264 e. The summed E-state index contributed by atoms with van der Waals surface area (Å²) in [4.78, 5) is 28.6. The summed E-state index contributed by atoms with van der Waals surface area (Å²) < 4.78 is 42.6. The van der Waals surface area contributed by atoms with Crippen LogP contribution in [0.4, 0.5) is 10.1 Å². The van der Waals surface area contributed by atoms with E-state index in [-0.39, 0.29) is 35.5 Å². The number of sulfonamides is 1. The van der Waals surface area contributed by atoms with E-state index in [9.17, 15) is 22.4 Å². The van der Waals surface area contributed by atoms with E-state index >= 15 is 0 Å². The number of halogens is 2. The third kappa shape index (κ3) is 7.61. The zero-order valence-electron chi connectivity index (χ0n) is 23.3. The van der Waals surface area contributed by atoms with E-state index in [1.165, 1.54) is 47.4 Å². The van der Waals surface area contributed by atoms with Crippen molar-refractivity contribution < 1.29 is 22.4 Å². The number of rotatable bonds is 11. The summed E-state index contributed by atoms with van der Waals surface area (Å²) in [5.41, 5.74) is 2.33. The highest BCUT2D eigenvalue weighted by Gasteiger charge is 2.34. The van der Waals surface area contributed by atoms with Gasteiger partial charge in [-0.05, 0) is 81.6 Å². The third-order valence-electron chi connectivity index (χ3n) is 6.41. The fourth-order valence-corrected chi connectivity index (χ4v) is 5.93. The highest BCUT2D eigenvalue weighted by molar-refractivity contribution is 7.92. The molecule has 7 nitrogen and oxygen atoms in total. The number of aryl methyl sites for hydroxylation is 2. The Morgan fingerprint density at radius 1 is 0.975 bits per heavy atom. The van der Waals surface area contributed by atoms with E-state index in [1.807, 2.05) is 20.8 Å². The lowest BCUT2D eigenvalue weighted by Crippen LogP contribution is -2.53. The molecule has 1 atom stereocenters. The van der Waals surface area contributed by atoms with Crippen molar-refractivity contribution in [3.05, 3.63) is 94.3 Å².